The van der Waals surface area contributed by atoms with Gasteiger partial charge < -0.3 is 26.3 Å². The number of carbonyl (C=O) groups is 4. The van der Waals surface area contributed by atoms with Crippen LogP contribution in [0, 0.1) is 17.7 Å². The first-order valence-corrected chi connectivity index (χ1v) is 19.0. The molecule has 5 atom stereocenters. The standard InChI is InChI=1S/C40H51FN6O4/c41-28-16-12-26(13-17-28)23-33(40(51)47-21-6-11-35(47)37(42)48)45-39(50)32(18-14-25-7-2-1-3-8-25)44-38(49)27-15-19-34-36-30(20-22-46(34)24-27)29-9-4-5-10-31(29)43-36/h4-5,9-10,12-13,16-17,25,27,32-35,43H,1-3,6-8,11,14-15,18-24H2,(H2,42,48)(H,44,49)(H,45,50). The molecule has 5 unspecified atom stereocenters. The minimum Gasteiger partial charge on any atom is -0.368 e. The topological polar surface area (TPSA) is 141 Å². The predicted molar refractivity (Wildman–Crippen MR) is 193 cm³/mol. The summed E-state index contributed by atoms with van der Waals surface area (Å²) in [6.45, 7) is 1.87. The molecule has 2 aromatic carbocycles. The molecule has 1 aromatic heterocycles. The van der Waals surface area contributed by atoms with Gasteiger partial charge >= 0.3 is 0 Å². The molecule has 0 radical (unpaired) electrons. The van der Waals surface area contributed by atoms with E-state index < -0.39 is 41.7 Å². The number of benzene rings is 2. The molecule has 2 saturated heterocycles. The average molecular weight is 699 g/mol. The molecule has 5 N–H and O–H groups in total. The van der Waals surface area contributed by atoms with Crippen LogP contribution in [0.25, 0.3) is 10.9 Å². The molecule has 4 heterocycles. The molecule has 0 spiro atoms. The zero-order valence-corrected chi connectivity index (χ0v) is 29.4. The fourth-order valence-electron chi connectivity index (χ4n) is 9.15. The maximum Gasteiger partial charge on any atom is 0.246 e. The van der Waals surface area contributed by atoms with Crippen molar-refractivity contribution in [2.75, 3.05) is 19.6 Å². The molecule has 51 heavy (non-hydrogen) atoms. The summed E-state index contributed by atoms with van der Waals surface area (Å²) in [5.41, 5.74) is 10.1. The van der Waals surface area contributed by atoms with Crippen molar-refractivity contribution in [1.82, 2.24) is 25.4 Å². The van der Waals surface area contributed by atoms with Gasteiger partial charge in [-0.3, -0.25) is 24.1 Å². The molecule has 3 aliphatic heterocycles. The molecule has 7 rings (SSSR count). The van der Waals surface area contributed by atoms with Crippen molar-refractivity contribution in [3.63, 3.8) is 0 Å². The first kappa shape index (κ1) is 35.2. The van der Waals surface area contributed by atoms with E-state index in [1.165, 1.54) is 52.9 Å². The van der Waals surface area contributed by atoms with Crippen LogP contribution in [0.1, 0.15) is 93.5 Å². The van der Waals surface area contributed by atoms with Crippen molar-refractivity contribution in [2.45, 2.75) is 108 Å². The third kappa shape index (κ3) is 7.83. The smallest absolute Gasteiger partial charge is 0.246 e. The third-order valence-corrected chi connectivity index (χ3v) is 11.9. The average Bonchev–Trinajstić information content (AvgIpc) is 3.80. The van der Waals surface area contributed by atoms with Crippen molar-refractivity contribution in [1.29, 1.82) is 0 Å². The highest BCUT2D eigenvalue weighted by Crippen LogP contribution is 2.40. The number of halogens is 1. The third-order valence-electron chi connectivity index (χ3n) is 11.9. The van der Waals surface area contributed by atoms with Gasteiger partial charge in [-0.25, -0.2) is 4.39 Å². The molecule has 1 aliphatic carbocycles. The maximum absolute atomic E-state index is 14.2. The minimum absolute atomic E-state index is 0.116. The second-order valence-corrected chi connectivity index (χ2v) is 15.2. The van der Waals surface area contributed by atoms with Crippen LogP contribution < -0.4 is 16.4 Å². The number of rotatable bonds is 11. The van der Waals surface area contributed by atoms with Crippen LogP contribution in [0.4, 0.5) is 4.39 Å². The zero-order chi connectivity index (χ0) is 35.5. The summed E-state index contributed by atoms with van der Waals surface area (Å²) in [6.07, 6.45) is 10.8. The number of hydrogen-bond donors (Lipinski definition) is 4. The SMILES string of the molecule is NC(=O)C1CCCN1C(=O)C(Cc1ccc(F)cc1)NC(=O)C(CCC1CCCCC1)NC(=O)C1CCC2c3[nH]c4ccccc4c3CCN2C1. The summed E-state index contributed by atoms with van der Waals surface area (Å²) in [5.74, 6) is -1.67. The Morgan fingerprint density at radius 3 is 2.45 bits per heavy atom. The summed E-state index contributed by atoms with van der Waals surface area (Å²) in [4.78, 5) is 61.9. The van der Waals surface area contributed by atoms with Crippen LogP contribution >= 0.6 is 0 Å². The lowest BCUT2D eigenvalue weighted by atomic mass is 9.84. The summed E-state index contributed by atoms with van der Waals surface area (Å²) in [6, 6.07) is 11.9. The molecule has 4 aliphatic rings. The van der Waals surface area contributed by atoms with E-state index in [9.17, 15) is 23.6 Å². The number of piperidine rings is 1. The van der Waals surface area contributed by atoms with Gasteiger partial charge in [0.2, 0.25) is 23.6 Å². The number of para-hydroxylation sites is 1. The lowest BCUT2D eigenvalue weighted by molar-refractivity contribution is -0.141. The molecule has 3 aromatic rings. The Morgan fingerprint density at radius 2 is 1.67 bits per heavy atom. The summed E-state index contributed by atoms with van der Waals surface area (Å²) in [7, 11) is 0. The molecule has 4 amide bonds. The van der Waals surface area contributed by atoms with Gasteiger partial charge in [-0.2, -0.15) is 0 Å². The minimum atomic E-state index is -1.01. The quantitative estimate of drug-likeness (QED) is 0.231. The highest BCUT2D eigenvalue weighted by Gasteiger charge is 2.40. The summed E-state index contributed by atoms with van der Waals surface area (Å²) < 4.78 is 13.8. The van der Waals surface area contributed by atoms with Gasteiger partial charge in [0.05, 0.1) is 12.0 Å². The Labute approximate surface area is 299 Å². The number of aromatic nitrogens is 1. The Morgan fingerprint density at radius 1 is 0.882 bits per heavy atom. The van der Waals surface area contributed by atoms with Crippen LogP contribution in [0.2, 0.25) is 0 Å². The molecular formula is C40H51FN6O4. The van der Waals surface area contributed by atoms with Crippen LogP contribution in [-0.4, -0.2) is 76.2 Å². The predicted octanol–water partition coefficient (Wildman–Crippen LogP) is 4.67. The molecule has 11 heteroatoms. The lowest BCUT2D eigenvalue weighted by Crippen LogP contribution is -2.58. The van der Waals surface area contributed by atoms with Crippen LogP contribution in [0.15, 0.2) is 48.5 Å². The van der Waals surface area contributed by atoms with Crippen molar-refractivity contribution in [3.8, 4) is 0 Å². The largest absolute Gasteiger partial charge is 0.368 e. The van der Waals surface area contributed by atoms with E-state index in [-0.39, 0.29) is 24.3 Å². The number of carbonyl (C=O) groups excluding carboxylic acids is 4. The molecule has 0 bridgehead atoms. The van der Waals surface area contributed by atoms with E-state index in [1.54, 1.807) is 12.1 Å². The van der Waals surface area contributed by atoms with Gasteiger partial charge in [0, 0.05) is 42.7 Å². The number of likely N-dealkylation sites (tertiary alicyclic amines) is 1. The monoisotopic (exact) mass is 698 g/mol. The molecule has 1 saturated carbocycles. The van der Waals surface area contributed by atoms with E-state index in [0.717, 1.165) is 44.2 Å². The number of nitrogens with two attached hydrogens (primary N) is 1. The van der Waals surface area contributed by atoms with Gasteiger partial charge in [0.1, 0.15) is 23.9 Å². The Bertz CT molecular complexity index is 1740. The lowest BCUT2D eigenvalue weighted by Gasteiger charge is -2.42. The number of nitrogens with one attached hydrogen (secondary N) is 3. The maximum atomic E-state index is 14.2. The number of hydrogen-bond acceptors (Lipinski definition) is 5. The highest BCUT2D eigenvalue weighted by atomic mass is 19.1. The van der Waals surface area contributed by atoms with Crippen molar-refractivity contribution < 1.29 is 23.6 Å². The number of H-pyrrole nitrogens is 1. The van der Waals surface area contributed by atoms with Crippen molar-refractivity contribution >= 4 is 34.5 Å². The molecule has 3 fully saturated rings. The zero-order valence-electron chi connectivity index (χ0n) is 29.4. The van der Waals surface area contributed by atoms with E-state index in [1.807, 2.05) is 0 Å². The Balaban J connectivity index is 1.06. The first-order valence-electron chi connectivity index (χ1n) is 19.0. The second kappa shape index (κ2) is 15.6. The van der Waals surface area contributed by atoms with Gasteiger partial charge in [0.15, 0.2) is 0 Å². The normalized spacial score (nSPS) is 23.6. The highest BCUT2D eigenvalue weighted by molar-refractivity contribution is 5.94. The van der Waals surface area contributed by atoms with Gasteiger partial charge in [-0.05, 0) is 80.2 Å². The number of amides is 4. The fraction of sp³-hybridized carbons (Fsp3) is 0.550. The first-order chi connectivity index (χ1) is 24.7. The van der Waals surface area contributed by atoms with E-state index in [2.05, 4.69) is 44.8 Å². The number of primary amides is 1. The number of fused-ring (bicyclic) bond motifs is 5. The van der Waals surface area contributed by atoms with Crippen LogP contribution in [0.5, 0.6) is 0 Å². The Kier molecular flexibility index (Phi) is 10.7. The Hall–Kier alpha value is -4.25. The number of nitrogens with zero attached hydrogens (tertiary/aromatic N) is 2. The molecule has 272 valence electrons. The van der Waals surface area contributed by atoms with Gasteiger partial charge in [-0.1, -0.05) is 62.4 Å². The van der Waals surface area contributed by atoms with Crippen LogP contribution in [0.3, 0.4) is 0 Å². The van der Waals surface area contributed by atoms with E-state index in [0.29, 0.717) is 50.3 Å². The second-order valence-electron chi connectivity index (χ2n) is 15.2. The fourth-order valence-corrected chi connectivity index (χ4v) is 9.15. The van der Waals surface area contributed by atoms with Crippen molar-refractivity contribution in [3.05, 3.63) is 71.2 Å². The van der Waals surface area contributed by atoms with Crippen LogP contribution in [-0.2, 0) is 32.0 Å². The van der Waals surface area contributed by atoms with E-state index >= 15 is 0 Å². The summed E-state index contributed by atoms with van der Waals surface area (Å²) in [5, 5.41) is 7.40. The molecule has 10 nitrogen and oxygen atoms in total. The summed E-state index contributed by atoms with van der Waals surface area (Å²) >= 11 is 0. The number of aromatic amines is 1. The van der Waals surface area contributed by atoms with Crippen molar-refractivity contribution in [2.24, 2.45) is 17.6 Å². The van der Waals surface area contributed by atoms with Gasteiger partial charge in [0.25, 0.3) is 0 Å². The van der Waals surface area contributed by atoms with E-state index in [4.69, 9.17) is 5.73 Å². The van der Waals surface area contributed by atoms with Gasteiger partial charge in [-0.15, -0.1) is 0 Å². The molecular weight excluding hydrogens is 647 g/mol.